The lowest BCUT2D eigenvalue weighted by Crippen LogP contribution is -2.32. The first-order valence-corrected chi connectivity index (χ1v) is 6.97. The summed E-state index contributed by atoms with van der Waals surface area (Å²) >= 11 is 0. The molecule has 0 aliphatic heterocycles. The minimum Gasteiger partial charge on any atom is -0.493 e. The summed E-state index contributed by atoms with van der Waals surface area (Å²) in [5.41, 5.74) is 6.14. The lowest BCUT2D eigenvalue weighted by Gasteiger charge is -2.26. The van der Waals surface area contributed by atoms with E-state index in [-0.39, 0.29) is 11.5 Å². The Bertz CT molecular complexity index is 502. The van der Waals surface area contributed by atoms with Gasteiger partial charge in [0.1, 0.15) is 5.67 Å². The highest BCUT2D eigenvalue weighted by molar-refractivity contribution is 5.54. The van der Waals surface area contributed by atoms with Crippen LogP contribution in [0.15, 0.2) is 12.1 Å². The molecule has 112 valence electrons. The van der Waals surface area contributed by atoms with E-state index in [1.165, 1.54) is 21.0 Å². The Balaban J connectivity index is 2.62. The van der Waals surface area contributed by atoms with Crippen LogP contribution in [0.5, 0.6) is 11.5 Å². The molecule has 1 aliphatic rings. The highest BCUT2D eigenvalue weighted by Gasteiger charge is 2.48. The molecule has 0 saturated heterocycles. The molecule has 0 radical (unpaired) electrons. The molecule has 0 spiro atoms. The van der Waals surface area contributed by atoms with Crippen molar-refractivity contribution in [2.24, 2.45) is 5.73 Å². The number of rotatable bonds is 5. The number of hydrogen-bond donors (Lipinski definition) is 1. The van der Waals surface area contributed by atoms with E-state index in [0.717, 1.165) is 18.4 Å². The third kappa shape index (κ3) is 2.37. The summed E-state index contributed by atoms with van der Waals surface area (Å²) in [7, 11) is 3.10. The molecule has 3 nitrogen and oxygen atoms in total. The third-order valence-electron chi connectivity index (χ3n) is 4.35. The minimum atomic E-state index is -1.50. The molecule has 2 N–H and O–H groups in total. The Morgan fingerprint density at radius 1 is 1.25 bits per heavy atom. The summed E-state index contributed by atoms with van der Waals surface area (Å²) in [4.78, 5) is 0. The zero-order valence-corrected chi connectivity index (χ0v) is 12.9. The van der Waals surface area contributed by atoms with Crippen molar-refractivity contribution in [3.05, 3.63) is 23.3 Å². The third-order valence-corrected chi connectivity index (χ3v) is 4.35. The van der Waals surface area contributed by atoms with Crippen molar-refractivity contribution in [1.29, 1.82) is 0 Å². The zero-order chi connectivity index (χ0) is 15.1. The molecular weight excluding hydrogens is 257 g/mol. The van der Waals surface area contributed by atoms with Gasteiger partial charge in [0.15, 0.2) is 11.5 Å². The molecule has 1 aliphatic carbocycles. The Labute approximate surface area is 120 Å². The molecule has 4 heteroatoms. The van der Waals surface area contributed by atoms with Gasteiger partial charge >= 0.3 is 0 Å². The van der Waals surface area contributed by atoms with Gasteiger partial charge in [-0.2, -0.15) is 0 Å². The van der Waals surface area contributed by atoms with Crippen LogP contribution >= 0.6 is 0 Å². The lowest BCUT2D eigenvalue weighted by atomic mass is 9.85. The van der Waals surface area contributed by atoms with E-state index in [9.17, 15) is 4.39 Å². The van der Waals surface area contributed by atoms with Gasteiger partial charge < -0.3 is 15.2 Å². The number of nitrogens with two attached hydrogens (primary N) is 1. The van der Waals surface area contributed by atoms with E-state index in [1.807, 2.05) is 19.1 Å². The fourth-order valence-corrected chi connectivity index (χ4v) is 2.84. The average molecular weight is 281 g/mol. The molecule has 1 saturated carbocycles. The maximum atomic E-state index is 14.5. The van der Waals surface area contributed by atoms with E-state index >= 15 is 0 Å². The monoisotopic (exact) mass is 281 g/mol. The first-order chi connectivity index (χ1) is 9.26. The molecule has 0 heterocycles. The largest absolute Gasteiger partial charge is 0.493 e. The van der Waals surface area contributed by atoms with Gasteiger partial charge in [-0.1, -0.05) is 0 Å². The Kier molecular flexibility index (Phi) is 3.71. The number of hydrogen-bond acceptors (Lipinski definition) is 3. The van der Waals surface area contributed by atoms with Crippen molar-refractivity contribution < 1.29 is 13.9 Å². The van der Waals surface area contributed by atoms with E-state index in [2.05, 4.69) is 0 Å². The molecule has 1 unspecified atom stereocenters. The smallest absolute Gasteiger partial charge is 0.167 e. The maximum Gasteiger partial charge on any atom is 0.167 e. The molecule has 0 aromatic heterocycles. The maximum absolute atomic E-state index is 14.5. The van der Waals surface area contributed by atoms with Crippen LogP contribution in [0.3, 0.4) is 0 Å². The fraction of sp³-hybridized carbons (Fsp3) is 0.625. The predicted octanol–water partition coefficient (Wildman–Crippen LogP) is 3.29. The first kappa shape index (κ1) is 15.1. The van der Waals surface area contributed by atoms with E-state index in [0.29, 0.717) is 17.1 Å². The van der Waals surface area contributed by atoms with Crippen molar-refractivity contribution in [2.45, 2.75) is 50.7 Å². The molecule has 0 bridgehead atoms. The fourth-order valence-electron chi connectivity index (χ4n) is 2.84. The SMILES string of the molecule is COc1cc(C2(C(C)N)CC2)cc(C(C)(C)F)c1OC. The Hall–Kier alpha value is -1.29. The van der Waals surface area contributed by atoms with Crippen LogP contribution in [0.2, 0.25) is 0 Å². The van der Waals surface area contributed by atoms with Crippen LogP contribution in [0, 0.1) is 0 Å². The normalized spacial score (nSPS) is 18.6. The van der Waals surface area contributed by atoms with Crippen LogP contribution in [0.25, 0.3) is 0 Å². The van der Waals surface area contributed by atoms with Crippen molar-refractivity contribution in [2.75, 3.05) is 14.2 Å². The van der Waals surface area contributed by atoms with Gasteiger partial charge in [0, 0.05) is 17.0 Å². The van der Waals surface area contributed by atoms with Crippen LogP contribution in [0.4, 0.5) is 4.39 Å². The second kappa shape index (κ2) is 4.92. The predicted molar refractivity (Wildman–Crippen MR) is 78.2 cm³/mol. The molecule has 1 fully saturated rings. The number of alkyl halides is 1. The van der Waals surface area contributed by atoms with E-state index in [4.69, 9.17) is 15.2 Å². The van der Waals surface area contributed by atoms with Gasteiger partial charge in [-0.15, -0.1) is 0 Å². The topological polar surface area (TPSA) is 44.5 Å². The van der Waals surface area contributed by atoms with Gasteiger partial charge in [0.2, 0.25) is 0 Å². The van der Waals surface area contributed by atoms with Crippen molar-refractivity contribution in [3.63, 3.8) is 0 Å². The molecule has 0 amide bonds. The Morgan fingerprint density at radius 2 is 1.85 bits per heavy atom. The second-order valence-corrected chi connectivity index (χ2v) is 6.18. The summed E-state index contributed by atoms with van der Waals surface area (Å²) in [5.74, 6) is 1.03. The second-order valence-electron chi connectivity index (χ2n) is 6.18. The van der Waals surface area contributed by atoms with Crippen LogP contribution in [-0.4, -0.2) is 20.3 Å². The zero-order valence-electron chi connectivity index (χ0n) is 12.9. The highest BCUT2D eigenvalue weighted by atomic mass is 19.1. The van der Waals surface area contributed by atoms with Gasteiger partial charge in [0.25, 0.3) is 0 Å². The van der Waals surface area contributed by atoms with Crippen molar-refractivity contribution in [3.8, 4) is 11.5 Å². The number of ether oxygens (including phenoxy) is 2. The summed E-state index contributed by atoms with van der Waals surface area (Å²) in [6.45, 7) is 5.06. The summed E-state index contributed by atoms with van der Waals surface area (Å²) < 4.78 is 25.2. The standard InChI is InChI=1S/C16H24FNO2/c1-10(18)16(6-7-16)11-8-12(15(2,3)17)14(20-5)13(9-11)19-4/h8-10H,6-7,18H2,1-5H3. The van der Waals surface area contributed by atoms with Gasteiger partial charge in [0.05, 0.1) is 14.2 Å². The van der Waals surface area contributed by atoms with E-state index < -0.39 is 5.67 Å². The summed E-state index contributed by atoms with van der Waals surface area (Å²) in [6, 6.07) is 3.86. The number of methoxy groups -OCH3 is 2. The van der Waals surface area contributed by atoms with Gasteiger partial charge in [-0.3, -0.25) is 0 Å². The number of halogens is 1. The van der Waals surface area contributed by atoms with E-state index in [1.54, 1.807) is 7.11 Å². The summed E-state index contributed by atoms with van der Waals surface area (Å²) in [5, 5.41) is 0. The van der Waals surface area contributed by atoms with Crippen LogP contribution in [-0.2, 0) is 11.1 Å². The van der Waals surface area contributed by atoms with Crippen molar-refractivity contribution >= 4 is 0 Å². The molecule has 1 aromatic rings. The molecule has 1 aromatic carbocycles. The molecular formula is C16H24FNO2. The molecule has 20 heavy (non-hydrogen) atoms. The quantitative estimate of drug-likeness (QED) is 0.900. The average Bonchev–Trinajstić information content (AvgIpc) is 3.17. The van der Waals surface area contributed by atoms with Crippen LogP contribution in [0.1, 0.15) is 44.7 Å². The van der Waals surface area contributed by atoms with Crippen LogP contribution < -0.4 is 15.2 Å². The van der Waals surface area contributed by atoms with Gasteiger partial charge in [-0.05, 0) is 51.3 Å². The molecule has 1 atom stereocenters. The minimum absolute atomic E-state index is 0.0381. The summed E-state index contributed by atoms with van der Waals surface area (Å²) in [6.07, 6.45) is 2.07. The van der Waals surface area contributed by atoms with Gasteiger partial charge in [-0.25, -0.2) is 4.39 Å². The Morgan fingerprint density at radius 3 is 2.20 bits per heavy atom. The first-order valence-electron chi connectivity index (χ1n) is 6.97. The number of benzene rings is 1. The highest BCUT2D eigenvalue weighted by Crippen LogP contribution is 2.53. The molecule has 2 rings (SSSR count). The lowest BCUT2D eigenvalue weighted by molar-refractivity contribution is 0.210. The van der Waals surface area contributed by atoms with Crippen molar-refractivity contribution in [1.82, 2.24) is 0 Å².